The largest absolute Gasteiger partial charge is 0.508 e. The highest BCUT2D eigenvalue weighted by atomic mass is 16.5. The molecular weight excluding hydrogens is 278 g/mol. The molecule has 0 radical (unpaired) electrons. The summed E-state index contributed by atoms with van der Waals surface area (Å²) in [6.07, 6.45) is 0.872. The highest BCUT2D eigenvalue weighted by Gasteiger charge is 2.27. The lowest BCUT2D eigenvalue weighted by Crippen LogP contribution is -2.40. The summed E-state index contributed by atoms with van der Waals surface area (Å²) in [5, 5.41) is 9.71. The van der Waals surface area contributed by atoms with Gasteiger partial charge in [0.1, 0.15) is 11.5 Å². The van der Waals surface area contributed by atoms with Crippen LogP contribution >= 0.6 is 0 Å². The van der Waals surface area contributed by atoms with Gasteiger partial charge >= 0.3 is 0 Å². The Labute approximate surface area is 134 Å². The van der Waals surface area contributed by atoms with Crippen molar-refractivity contribution in [1.82, 2.24) is 4.90 Å². The molecule has 0 heterocycles. The van der Waals surface area contributed by atoms with E-state index < -0.39 is 0 Å². The number of carbonyl (C=O) groups is 1. The fourth-order valence-electron chi connectivity index (χ4n) is 2.35. The summed E-state index contributed by atoms with van der Waals surface area (Å²) >= 11 is 0. The van der Waals surface area contributed by atoms with E-state index >= 15 is 0 Å². The molecule has 124 valence electrons. The van der Waals surface area contributed by atoms with Crippen LogP contribution < -0.4 is 4.74 Å². The third kappa shape index (κ3) is 4.39. The average Bonchev–Trinajstić information content (AvgIpc) is 2.49. The summed E-state index contributed by atoms with van der Waals surface area (Å²) in [6.45, 7) is 10.4. The first kappa shape index (κ1) is 18.3. The molecule has 2 atom stereocenters. The van der Waals surface area contributed by atoms with Crippen LogP contribution in [-0.2, 0) is 4.79 Å². The third-order valence-corrected chi connectivity index (χ3v) is 4.45. The molecule has 22 heavy (non-hydrogen) atoms. The molecule has 1 aromatic carbocycles. The van der Waals surface area contributed by atoms with E-state index in [1.165, 1.54) is 0 Å². The average molecular weight is 307 g/mol. The van der Waals surface area contributed by atoms with E-state index in [4.69, 9.17) is 4.74 Å². The number of hydrogen-bond acceptors (Lipinski definition) is 3. The van der Waals surface area contributed by atoms with Crippen molar-refractivity contribution in [2.75, 3.05) is 13.7 Å². The van der Waals surface area contributed by atoms with Gasteiger partial charge in [0.05, 0.1) is 6.61 Å². The number of phenolic OH excluding ortho intramolecular Hbond substituents is 1. The van der Waals surface area contributed by atoms with Crippen LogP contribution in [0.25, 0.3) is 0 Å². The molecule has 0 aliphatic heterocycles. The smallest absolute Gasteiger partial charge is 0.225 e. The Balaban J connectivity index is 2.72. The van der Waals surface area contributed by atoms with Crippen LogP contribution in [0.15, 0.2) is 18.2 Å². The van der Waals surface area contributed by atoms with Crippen molar-refractivity contribution < 1.29 is 14.6 Å². The monoisotopic (exact) mass is 307 g/mol. The molecule has 0 saturated heterocycles. The zero-order valence-electron chi connectivity index (χ0n) is 14.6. The minimum atomic E-state index is -0.0879. The minimum Gasteiger partial charge on any atom is -0.508 e. The summed E-state index contributed by atoms with van der Waals surface area (Å²) in [5.41, 5.74) is 0.732. The molecule has 2 unspecified atom stereocenters. The number of aromatic hydroxyl groups is 1. The number of rotatable bonds is 7. The highest BCUT2D eigenvalue weighted by molar-refractivity contribution is 5.78. The molecule has 1 rings (SSSR count). The second kappa shape index (κ2) is 8.06. The van der Waals surface area contributed by atoms with Crippen LogP contribution in [-0.4, -0.2) is 35.6 Å². The number of benzene rings is 1. The quantitative estimate of drug-likeness (QED) is 0.837. The zero-order chi connectivity index (χ0) is 16.9. The Morgan fingerprint density at radius 1 is 1.32 bits per heavy atom. The van der Waals surface area contributed by atoms with E-state index in [0.717, 1.165) is 12.0 Å². The van der Waals surface area contributed by atoms with Gasteiger partial charge in [0.2, 0.25) is 5.91 Å². The van der Waals surface area contributed by atoms with E-state index in [-0.39, 0.29) is 29.5 Å². The summed E-state index contributed by atoms with van der Waals surface area (Å²) in [6, 6.07) is 5.44. The van der Waals surface area contributed by atoms with Crippen LogP contribution in [0.1, 0.15) is 39.7 Å². The van der Waals surface area contributed by atoms with E-state index in [1.807, 2.05) is 40.8 Å². The second-order valence-electron chi connectivity index (χ2n) is 6.21. The van der Waals surface area contributed by atoms with Gasteiger partial charge in [0.25, 0.3) is 0 Å². The fraction of sp³-hybridized carbons (Fsp3) is 0.611. The number of phenols is 1. The van der Waals surface area contributed by atoms with Crippen LogP contribution in [0.4, 0.5) is 0 Å². The number of amides is 1. The number of carbonyl (C=O) groups excluding carboxylic acids is 1. The molecule has 4 nitrogen and oxygen atoms in total. The van der Waals surface area contributed by atoms with E-state index in [1.54, 1.807) is 17.0 Å². The molecule has 0 bridgehead atoms. The van der Waals surface area contributed by atoms with Crippen molar-refractivity contribution in [1.29, 1.82) is 0 Å². The van der Waals surface area contributed by atoms with Crippen molar-refractivity contribution in [2.45, 2.75) is 47.1 Å². The SMILES string of the molecule is CCC(COc1cccc(O)c1C)C(C)C(=O)N(C)C(C)C. The molecule has 0 fully saturated rings. The molecule has 0 aliphatic rings. The van der Waals surface area contributed by atoms with Gasteiger partial charge in [-0.3, -0.25) is 4.79 Å². The molecule has 1 amide bonds. The van der Waals surface area contributed by atoms with Crippen molar-refractivity contribution in [3.63, 3.8) is 0 Å². The molecule has 0 aliphatic carbocycles. The van der Waals surface area contributed by atoms with Gasteiger partial charge in [0.15, 0.2) is 0 Å². The molecule has 1 N–H and O–H groups in total. The first-order valence-corrected chi connectivity index (χ1v) is 7.97. The maximum absolute atomic E-state index is 12.4. The van der Waals surface area contributed by atoms with E-state index in [2.05, 4.69) is 6.92 Å². The molecular formula is C18H29NO3. The van der Waals surface area contributed by atoms with Crippen molar-refractivity contribution in [2.24, 2.45) is 11.8 Å². The van der Waals surface area contributed by atoms with Crippen LogP contribution in [0.2, 0.25) is 0 Å². The molecule has 1 aromatic rings. The lowest BCUT2D eigenvalue weighted by atomic mass is 9.91. The summed E-state index contributed by atoms with van der Waals surface area (Å²) in [4.78, 5) is 14.2. The number of ether oxygens (including phenoxy) is 1. The topological polar surface area (TPSA) is 49.8 Å². The van der Waals surface area contributed by atoms with E-state index in [0.29, 0.717) is 12.4 Å². The Kier molecular flexibility index (Phi) is 6.72. The second-order valence-corrected chi connectivity index (χ2v) is 6.21. The Hall–Kier alpha value is -1.71. The summed E-state index contributed by atoms with van der Waals surface area (Å²) < 4.78 is 5.85. The minimum absolute atomic E-state index is 0.0879. The van der Waals surface area contributed by atoms with Gasteiger partial charge in [0, 0.05) is 30.5 Å². The maximum Gasteiger partial charge on any atom is 0.225 e. The lowest BCUT2D eigenvalue weighted by Gasteiger charge is -2.29. The Bertz CT molecular complexity index is 499. The normalized spacial score (nSPS) is 13.8. The predicted molar refractivity (Wildman–Crippen MR) is 89.2 cm³/mol. The van der Waals surface area contributed by atoms with Crippen LogP contribution in [0.3, 0.4) is 0 Å². The maximum atomic E-state index is 12.4. The van der Waals surface area contributed by atoms with Crippen LogP contribution in [0.5, 0.6) is 11.5 Å². The van der Waals surface area contributed by atoms with Crippen LogP contribution in [0, 0.1) is 18.8 Å². The van der Waals surface area contributed by atoms with Gasteiger partial charge in [-0.05, 0) is 39.3 Å². The number of nitrogens with zero attached hydrogens (tertiary/aromatic N) is 1. The molecule has 4 heteroatoms. The first-order valence-electron chi connectivity index (χ1n) is 7.97. The van der Waals surface area contributed by atoms with Gasteiger partial charge in [-0.25, -0.2) is 0 Å². The number of hydrogen-bond donors (Lipinski definition) is 1. The summed E-state index contributed by atoms with van der Waals surface area (Å²) in [7, 11) is 1.84. The Morgan fingerprint density at radius 3 is 2.50 bits per heavy atom. The zero-order valence-corrected chi connectivity index (χ0v) is 14.6. The van der Waals surface area contributed by atoms with Gasteiger partial charge in [-0.15, -0.1) is 0 Å². The molecule has 0 spiro atoms. The van der Waals surface area contributed by atoms with Gasteiger partial charge < -0.3 is 14.7 Å². The van der Waals surface area contributed by atoms with Gasteiger partial charge in [-0.1, -0.05) is 19.9 Å². The Morgan fingerprint density at radius 2 is 1.95 bits per heavy atom. The highest BCUT2D eigenvalue weighted by Crippen LogP contribution is 2.27. The lowest BCUT2D eigenvalue weighted by molar-refractivity contribution is -0.137. The predicted octanol–water partition coefficient (Wildman–Crippen LogP) is 3.61. The first-order chi connectivity index (χ1) is 10.3. The third-order valence-electron chi connectivity index (χ3n) is 4.45. The standard InChI is InChI=1S/C18H29NO3/c1-7-15(13(4)18(21)19(6)12(2)3)11-22-17-10-8-9-16(20)14(17)5/h8-10,12-13,15,20H,7,11H2,1-6H3. The van der Waals surface area contributed by atoms with Crippen molar-refractivity contribution >= 4 is 5.91 Å². The van der Waals surface area contributed by atoms with Crippen molar-refractivity contribution in [3.8, 4) is 11.5 Å². The van der Waals surface area contributed by atoms with Crippen molar-refractivity contribution in [3.05, 3.63) is 23.8 Å². The fourth-order valence-corrected chi connectivity index (χ4v) is 2.35. The molecule has 0 aromatic heterocycles. The van der Waals surface area contributed by atoms with Gasteiger partial charge in [-0.2, -0.15) is 0 Å². The van der Waals surface area contributed by atoms with E-state index in [9.17, 15) is 9.90 Å². The molecule has 0 saturated carbocycles. The summed E-state index contributed by atoms with van der Waals surface area (Å²) in [5.74, 6) is 1.12.